The summed E-state index contributed by atoms with van der Waals surface area (Å²) in [5.41, 5.74) is 4.07. The second-order valence-corrected chi connectivity index (χ2v) is 9.07. The van der Waals surface area contributed by atoms with Gasteiger partial charge in [0.1, 0.15) is 11.6 Å². The number of carbonyl (C=O) groups excluding carboxylic acids is 1. The number of nitrogens with zero attached hydrogens (tertiary/aromatic N) is 2. The highest BCUT2D eigenvalue weighted by Crippen LogP contribution is 2.48. The Balaban J connectivity index is 1.84. The fourth-order valence-electron chi connectivity index (χ4n) is 5.07. The zero-order valence-corrected chi connectivity index (χ0v) is 19.8. The number of ketones is 1. The minimum absolute atomic E-state index is 0.0456. The summed E-state index contributed by atoms with van der Waals surface area (Å²) in [5, 5.41) is 32.5. The SMILES string of the molecule is Cc1ccc(C(O)=C2C(=N)N(c3ccccc3)C3=C(C(=O)CCC3)C2c2cccc([N+](=O)[O-])c2)cc1. The van der Waals surface area contributed by atoms with Gasteiger partial charge in [0.05, 0.1) is 4.92 Å². The number of nitro benzene ring substituents is 1. The number of nitrogens with one attached hydrogen (secondary N) is 1. The number of aliphatic hydroxyl groups is 1. The van der Waals surface area contributed by atoms with Crippen LogP contribution in [-0.2, 0) is 4.79 Å². The summed E-state index contributed by atoms with van der Waals surface area (Å²) in [6, 6.07) is 22.8. The van der Waals surface area contributed by atoms with E-state index in [1.165, 1.54) is 12.1 Å². The second kappa shape index (κ2) is 9.26. The van der Waals surface area contributed by atoms with Crippen LogP contribution >= 0.6 is 0 Å². The van der Waals surface area contributed by atoms with Crippen LogP contribution < -0.4 is 4.90 Å². The molecular formula is C29H25N3O4. The van der Waals surface area contributed by atoms with E-state index in [2.05, 4.69) is 0 Å². The molecule has 1 atom stereocenters. The fraction of sp³-hybridized carbons (Fsp3) is 0.172. The predicted octanol–water partition coefficient (Wildman–Crippen LogP) is 6.46. The Labute approximate surface area is 208 Å². The van der Waals surface area contributed by atoms with Gasteiger partial charge in [-0.3, -0.25) is 25.2 Å². The molecule has 3 aromatic rings. The first-order valence-corrected chi connectivity index (χ1v) is 11.8. The van der Waals surface area contributed by atoms with E-state index in [-0.39, 0.29) is 28.6 Å². The first-order valence-electron chi connectivity index (χ1n) is 11.8. The summed E-state index contributed by atoms with van der Waals surface area (Å²) in [4.78, 5) is 26.3. The van der Waals surface area contributed by atoms with Gasteiger partial charge in [0.25, 0.3) is 5.69 Å². The molecule has 0 spiro atoms. The van der Waals surface area contributed by atoms with Crippen molar-refractivity contribution in [3.8, 4) is 0 Å². The summed E-state index contributed by atoms with van der Waals surface area (Å²) in [6.07, 6.45) is 1.58. The van der Waals surface area contributed by atoms with Gasteiger partial charge in [0.2, 0.25) is 0 Å². The van der Waals surface area contributed by atoms with E-state index in [1.54, 1.807) is 29.2 Å². The van der Waals surface area contributed by atoms with E-state index in [4.69, 9.17) is 0 Å². The molecule has 0 saturated carbocycles. The number of non-ortho nitro benzene ring substituents is 1. The Kier molecular flexibility index (Phi) is 5.98. The topological polar surface area (TPSA) is 108 Å². The summed E-state index contributed by atoms with van der Waals surface area (Å²) in [7, 11) is 0. The molecule has 2 aliphatic rings. The summed E-state index contributed by atoms with van der Waals surface area (Å²) in [6.45, 7) is 1.94. The normalized spacial score (nSPS) is 19.2. The van der Waals surface area contributed by atoms with Gasteiger partial charge in [-0.2, -0.15) is 0 Å². The van der Waals surface area contributed by atoms with Crippen molar-refractivity contribution in [1.82, 2.24) is 0 Å². The van der Waals surface area contributed by atoms with Crippen LogP contribution in [0.3, 0.4) is 0 Å². The Morgan fingerprint density at radius 2 is 1.75 bits per heavy atom. The van der Waals surface area contributed by atoms with Gasteiger partial charge in [-0.1, -0.05) is 60.2 Å². The van der Waals surface area contributed by atoms with Crippen LogP contribution in [0.5, 0.6) is 0 Å². The molecule has 0 saturated heterocycles. The molecule has 1 aliphatic carbocycles. The number of para-hydroxylation sites is 1. The lowest BCUT2D eigenvalue weighted by molar-refractivity contribution is -0.384. The number of hydrogen-bond acceptors (Lipinski definition) is 5. The molecule has 0 amide bonds. The molecule has 180 valence electrons. The second-order valence-electron chi connectivity index (χ2n) is 9.07. The van der Waals surface area contributed by atoms with Gasteiger partial charge < -0.3 is 5.11 Å². The van der Waals surface area contributed by atoms with Crippen molar-refractivity contribution < 1.29 is 14.8 Å². The zero-order valence-electron chi connectivity index (χ0n) is 19.8. The molecule has 0 radical (unpaired) electrons. The number of Topliss-reactive ketones (excluding diaryl/α,β-unsaturated/α-hetero) is 1. The van der Waals surface area contributed by atoms with Crippen molar-refractivity contribution in [3.63, 3.8) is 0 Å². The number of benzene rings is 3. The molecule has 0 fully saturated rings. The predicted molar refractivity (Wildman–Crippen MR) is 139 cm³/mol. The van der Waals surface area contributed by atoms with E-state index in [0.717, 1.165) is 11.3 Å². The van der Waals surface area contributed by atoms with Crippen molar-refractivity contribution in [2.75, 3.05) is 4.90 Å². The van der Waals surface area contributed by atoms with Crippen LogP contribution in [0.25, 0.3) is 5.76 Å². The highest BCUT2D eigenvalue weighted by atomic mass is 16.6. The van der Waals surface area contributed by atoms with Crippen molar-refractivity contribution >= 4 is 28.8 Å². The van der Waals surface area contributed by atoms with Crippen LogP contribution in [0.2, 0.25) is 0 Å². The molecule has 5 rings (SSSR count). The Bertz CT molecular complexity index is 1440. The third kappa shape index (κ3) is 3.98. The van der Waals surface area contributed by atoms with Crippen LogP contribution in [0.15, 0.2) is 95.7 Å². The summed E-state index contributed by atoms with van der Waals surface area (Å²) >= 11 is 0. The standard InChI is InChI=1S/C29H25N3O4/c1-18-13-15-19(16-14-18)28(34)27-25(20-7-5-10-22(17-20)32(35)36)26-23(11-6-12-24(26)33)31(29(27)30)21-8-3-2-4-9-21/h2-5,7-10,13-17,25,30,34H,6,11-12H2,1H3. The number of allylic oxidation sites excluding steroid dienone is 2. The molecule has 3 aromatic carbocycles. The van der Waals surface area contributed by atoms with Crippen LogP contribution in [-0.4, -0.2) is 21.6 Å². The number of hydrogen-bond donors (Lipinski definition) is 2. The van der Waals surface area contributed by atoms with Crippen molar-refractivity contribution in [3.05, 3.63) is 123 Å². The molecule has 1 heterocycles. The Morgan fingerprint density at radius 3 is 2.44 bits per heavy atom. The minimum Gasteiger partial charge on any atom is -0.507 e. The maximum Gasteiger partial charge on any atom is 0.269 e. The molecule has 36 heavy (non-hydrogen) atoms. The Morgan fingerprint density at radius 1 is 1.03 bits per heavy atom. The quantitative estimate of drug-likeness (QED) is 0.254. The van der Waals surface area contributed by atoms with Crippen LogP contribution in [0, 0.1) is 22.4 Å². The summed E-state index contributed by atoms with van der Waals surface area (Å²) < 4.78 is 0. The van der Waals surface area contributed by atoms with Crippen LogP contribution in [0.4, 0.5) is 11.4 Å². The lowest BCUT2D eigenvalue weighted by atomic mass is 9.73. The minimum atomic E-state index is -0.804. The van der Waals surface area contributed by atoms with Gasteiger partial charge in [-0.25, -0.2) is 0 Å². The third-order valence-electron chi connectivity index (χ3n) is 6.76. The fourth-order valence-corrected chi connectivity index (χ4v) is 5.07. The number of aliphatic hydroxyl groups excluding tert-OH is 1. The average molecular weight is 480 g/mol. The van der Waals surface area contributed by atoms with Crippen LogP contribution in [0.1, 0.15) is 41.9 Å². The Hall–Kier alpha value is -4.52. The number of aryl methyl sites for hydroxylation is 1. The van der Waals surface area contributed by atoms with Gasteiger partial charge in [0.15, 0.2) is 5.78 Å². The molecule has 1 unspecified atom stereocenters. The number of nitro groups is 1. The summed E-state index contributed by atoms with van der Waals surface area (Å²) in [5.74, 6) is -0.955. The van der Waals surface area contributed by atoms with Crippen molar-refractivity contribution in [2.45, 2.75) is 32.1 Å². The lowest BCUT2D eigenvalue weighted by Gasteiger charge is -2.41. The third-order valence-corrected chi connectivity index (χ3v) is 6.76. The highest BCUT2D eigenvalue weighted by Gasteiger charge is 2.43. The number of carbonyl (C=O) groups is 1. The maximum absolute atomic E-state index is 13.5. The van der Waals surface area contributed by atoms with Gasteiger partial charge in [-0.15, -0.1) is 0 Å². The molecule has 7 heteroatoms. The first-order chi connectivity index (χ1) is 17.4. The van der Waals surface area contributed by atoms with E-state index >= 15 is 0 Å². The monoisotopic (exact) mass is 479 g/mol. The van der Waals surface area contributed by atoms with E-state index < -0.39 is 10.8 Å². The molecule has 0 bridgehead atoms. The molecule has 7 nitrogen and oxygen atoms in total. The van der Waals surface area contributed by atoms with Crippen molar-refractivity contribution in [2.24, 2.45) is 0 Å². The van der Waals surface area contributed by atoms with E-state index in [0.29, 0.717) is 41.7 Å². The first kappa shape index (κ1) is 23.2. The largest absolute Gasteiger partial charge is 0.507 e. The van der Waals surface area contributed by atoms with Crippen molar-refractivity contribution in [1.29, 1.82) is 5.41 Å². The number of rotatable bonds is 4. The van der Waals surface area contributed by atoms with E-state index in [1.807, 2.05) is 49.4 Å². The van der Waals surface area contributed by atoms with Gasteiger partial charge in [0, 0.05) is 52.6 Å². The molecule has 0 aromatic heterocycles. The number of amidine groups is 1. The number of anilines is 1. The zero-order chi connectivity index (χ0) is 25.4. The maximum atomic E-state index is 13.5. The molecular weight excluding hydrogens is 454 g/mol. The van der Waals surface area contributed by atoms with Gasteiger partial charge >= 0.3 is 0 Å². The average Bonchev–Trinajstić information content (AvgIpc) is 2.89. The molecule has 2 N–H and O–H groups in total. The smallest absolute Gasteiger partial charge is 0.269 e. The van der Waals surface area contributed by atoms with Gasteiger partial charge in [-0.05, 0) is 37.5 Å². The lowest BCUT2D eigenvalue weighted by Crippen LogP contribution is -2.42. The highest BCUT2D eigenvalue weighted by molar-refractivity contribution is 6.19. The molecule has 1 aliphatic heterocycles. The van der Waals surface area contributed by atoms with E-state index in [9.17, 15) is 25.4 Å².